The third kappa shape index (κ3) is 3.64. The molecule has 10 heteroatoms. The normalized spacial score (nSPS) is 13.4. The molecule has 0 spiro atoms. The Morgan fingerprint density at radius 1 is 1.29 bits per heavy atom. The molecule has 0 aromatic carbocycles. The van der Waals surface area contributed by atoms with Crippen molar-refractivity contribution in [2.75, 3.05) is 0 Å². The van der Waals surface area contributed by atoms with Gasteiger partial charge in [-0.25, -0.2) is 4.98 Å². The molecule has 0 radical (unpaired) electrons. The zero-order valence-corrected chi connectivity index (χ0v) is 13.8. The topological polar surface area (TPSA) is 61.4 Å². The molecule has 0 bridgehead atoms. The second-order valence-corrected chi connectivity index (χ2v) is 6.51. The van der Waals surface area contributed by atoms with Gasteiger partial charge < -0.3 is 0 Å². The summed E-state index contributed by atoms with van der Waals surface area (Å²) in [6.45, 7) is 3.99. The minimum Gasteiger partial charge on any atom is -0.260 e. The molecule has 24 heavy (non-hydrogen) atoms. The van der Waals surface area contributed by atoms with Crippen LogP contribution in [0.3, 0.4) is 0 Å². The van der Waals surface area contributed by atoms with Crippen molar-refractivity contribution in [2.45, 2.75) is 33.1 Å². The zero-order valence-electron chi connectivity index (χ0n) is 13.0. The lowest BCUT2D eigenvalue weighted by Crippen LogP contribution is -2.20. The molecule has 0 saturated heterocycles. The van der Waals surface area contributed by atoms with E-state index in [2.05, 4.69) is 20.4 Å². The average Bonchev–Trinajstić information content (AvgIpc) is 3.17. The number of thiazole rings is 1. The third-order valence-corrected chi connectivity index (χ3v) is 4.16. The number of nitrogens with zero attached hydrogens (tertiary/aromatic N) is 6. The zero-order chi connectivity index (χ0) is 17.3. The van der Waals surface area contributed by atoms with Crippen molar-refractivity contribution in [1.82, 2.24) is 29.8 Å². The van der Waals surface area contributed by atoms with Crippen molar-refractivity contribution in [3.05, 3.63) is 35.2 Å². The van der Waals surface area contributed by atoms with Gasteiger partial charge >= 0.3 is 6.18 Å². The Morgan fingerprint density at radius 3 is 2.75 bits per heavy atom. The van der Waals surface area contributed by atoms with E-state index in [4.69, 9.17) is 0 Å². The first-order valence-corrected chi connectivity index (χ1v) is 8.12. The van der Waals surface area contributed by atoms with Gasteiger partial charge in [0.2, 0.25) is 0 Å². The van der Waals surface area contributed by atoms with Crippen LogP contribution < -0.4 is 0 Å². The minimum atomic E-state index is -4.41. The van der Waals surface area contributed by atoms with Crippen molar-refractivity contribution in [1.29, 1.82) is 0 Å². The summed E-state index contributed by atoms with van der Waals surface area (Å²) in [7, 11) is 0. The van der Waals surface area contributed by atoms with Crippen molar-refractivity contribution in [3.63, 3.8) is 0 Å². The maximum atomic E-state index is 13.0. The van der Waals surface area contributed by atoms with E-state index in [9.17, 15) is 13.2 Å². The first kappa shape index (κ1) is 16.6. The highest BCUT2D eigenvalue weighted by Crippen LogP contribution is 2.30. The molecule has 128 valence electrons. The molecule has 3 heterocycles. The Balaban J connectivity index is 1.69. The number of aryl methyl sites for hydroxylation is 1. The second kappa shape index (κ2) is 6.34. The van der Waals surface area contributed by atoms with Crippen LogP contribution in [0.15, 0.2) is 23.8 Å². The second-order valence-electron chi connectivity index (χ2n) is 5.62. The lowest BCUT2D eigenvalue weighted by atomic mass is 10.2. The smallest absolute Gasteiger partial charge is 0.260 e. The molecule has 0 N–H and O–H groups in total. The van der Waals surface area contributed by atoms with Gasteiger partial charge in [0, 0.05) is 24.7 Å². The number of aromatic nitrogens is 6. The molecular weight excluding hydrogens is 341 g/mol. The third-order valence-electron chi connectivity index (χ3n) is 3.37. The maximum absolute atomic E-state index is 13.0. The van der Waals surface area contributed by atoms with E-state index >= 15 is 0 Å². The Bertz CT molecular complexity index is 805. The fraction of sp³-hybridized carbons (Fsp3) is 0.429. The van der Waals surface area contributed by atoms with Crippen LogP contribution in [0, 0.1) is 12.8 Å². The first-order chi connectivity index (χ1) is 11.3. The van der Waals surface area contributed by atoms with Gasteiger partial charge in [-0.05, 0) is 18.9 Å². The summed E-state index contributed by atoms with van der Waals surface area (Å²) >= 11 is 1.45. The Labute approximate surface area is 139 Å². The summed E-state index contributed by atoms with van der Waals surface area (Å²) in [5.74, 6) is -0.101. The van der Waals surface area contributed by atoms with E-state index in [1.165, 1.54) is 11.3 Å². The molecule has 0 unspecified atom stereocenters. The monoisotopic (exact) mass is 356 g/mol. The first-order valence-electron chi connectivity index (χ1n) is 7.24. The largest absolute Gasteiger partial charge is 0.433 e. The van der Waals surface area contributed by atoms with Gasteiger partial charge in [-0.2, -0.15) is 18.3 Å². The number of halogens is 3. The SMILES string of the molecule is Cc1cc(C(F)(F)F)n(C[C@H](C)Cn2cc(-c3nccs3)nn2)n1. The van der Waals surface area contributed by atoms with Crippen LogP contribution >= 0.6 is 11.3 Å². The number of hydrogen-bond acceptors (Lipinski definition) is 5. The summed E-state index contributed by atoms with van der Waals surface area (Å²) < 4.78 is 41.6. The molecular formula is C14H15F3N6S. The average molecular weight is 356 g/mol. The van der Waals surface area contributed by atoms with E-state index in [0.717, 1.165) is 15.8 Å². The van der Waals surface area contributed by atoms with E-state index in [-0.39, 0.29) is 12.5 Å². The van der Waals surface area contributed by atoms with Crippen LogP contribution in [0.4, 0.5) is 13.2 Å². The predicted molar refractivity (Wildman–Crippen MR) is 82.3 cm³/mol. The maximum Gasteiger partial charge on any atom is 0.433 e. The molecule has 0 aliphatic heterocycles. The molecule has 0 fully saturated rings. The van der Waals surface area contributed by atoms with E-state index in [1.807, 2.05) is 12.3 Å². The van der Waals surface area contributed by atoms with Crippen molar-refractivity contribution in [3.8, 4) is 10.7 Å². The Hall–Kier alpha value is -2.23. The molecule has 3 aromatic rings. The molecule has 0 saturated carbocycles. The highest BCUT2D eigenvalue weighted by Gasteiger charge is 2.35. The standard InChI is InChI=1S/C14H15F3N6S/c1-9(7-23-12(14(15,16)17)5-10(2)20-23)6-22-8-11(19-21-22)13-18-3-4-24-13/h3-5,8-9H,6-7H2,1-2H3/t9-/m1/s1. The fourth-order valence-corrected chi connectivity index (χ4v) is 3.01. The Morgan fingerprint density at radius 2 is 2.08 bits per heavy atom. The molecule has 0 amide bonds. The summed E-state index contributed by atoms with van der Waals surface area (Å²) in [4.78, 5) is 4.15. The van der Waals surface area contributed by atoms with Crippen LogP contribution in [0.2, 0.25) is 0 Å². The van der Waals surface area contributed by atoms with E-state index < -0.39 is 11.9 Å². The number of rotatable bonds is 5. The van der Waals surface area contributed by atoms with Crippen LogP contribution in [-0.4, -0.2) is 29.8 Å². The van der Waals surface area contributed by atoms with Gasteiger partial charge in [-0.3, -0.25) is 9.36 Å². The highest BCUT2D eigenvalue weighted by molar-refractivity contribution is 7.13. The predicted octanol–water partition coefficient (Wildman–Crippen LogP) is 3.26. The molecule has 6 nitrogen and oxygen atoms in total. The Kier molecular flexibility index (Phi) is 4.39. The van der Waals surface area contributed by atoms with Crippen LogP contribution in [0.25, 0.3) is 10.7 Å². The van der Waals surface area contributed by atoms with Gasteiger partial charge in [0.25, 0.3) is 0 Å². The molecule has 0 aliphatic carbocycles. The van der Waals surface area contributed by atoms with Crippen LogP contribution in [0.5, 0.6) is 0 Å². The van der Waals surface area contributed by atoms with Gasteiger partial charge in [0.15, 0.2) is 0 Å². The van der Waals surface area contributed by atoms with Gasteiger partial charge in [-0.15, -0.1) is 16.4 Å². The summed E-state index contributed by atoms with van der Waals surface area (Å²) in [5, 5.41) is 14.6. The van der Waals surface area contributed by atoms with Crippen molar-refractivity contribution in [2.24, 2.45) is 5.92 Å². The fourth-order valence-electron chi connectivity index (χ4n) is 2.42. The quantitative estimate of drug-likeness (QED) is 0.704. The lowest BCUT2D eigenvalue weighted by Gasteiger charge is -2.15. The van der Waals surface area contributed by atoms with Crippen molar-refractivity contribution >= 4 is 11.3 Å². The van der Waals surface area contributed by atoms with Gasteiger partial charge in [-0.1, -0.05) is 12.1 Å². The van der Waals surface area contributed by atoms with Crippen LogP contribution in [-0.2, 0) is 19.3 Å². The molecule has 3 aromatic heterocycles. The number of alkyl halides is 3. The van der Waals surface area contributed by atoms with Crippen molar-refractivity contribution < 1.29 is 13.2 Å². The minimum absolute atomic E-state index is 0.101. The molecule has 0 aliphatic rings. The number of hydrogen-bond donors (Lipinski definition) is 0. The van der Waals surface area contributed by atoms with E-state index in [0.29, 0.717) is 17.9 Å². The van der Waals surface area contributed by atoms with Crippen LogP contribution in [0.1, 0.15) is 18.3 Å². The summed E-state index contributed by atoms with van der Waals surface area (Å²) in [5.41, 5.74) is 0.276. The van der Waals surface area contributed by atoms with E-state index in [1.54, 1.807) is 24.0 Å². The molecule has 1 atom stereocenters. The summed E-state index contributed by atoms with van der Waals surface area (Å²) in [6.07, 6.45) is -0.985. The lowest BCUT2D eigenvalue weighted by molar-refractivity contribution is -0.144. The summed E-state index contributed by atoms with van der Waals surface area (Å²) in [6, 6.07) is 1.06. The highest BCUT2D eigenvalue weighted by atomic mass is 32.1. The van der Waals surface area contributed by atoms with Gasteiger partial charge in [0.05, 0.1) is 11.9 Å². The molecule has 3 rings (SSSR count). The van der Waals surface area contributed by atoms with Gasteiger partial charge in [0.1, 0.15) is 16.4 Å².